The lowest BCUT2D eigenvalue weighted by atomic mass is 10.0. The summed E-state index contributed by atoms with van der Waals surface area (Å²) in [7, 11) is 0. The van der Waals surface area contributed by atoms with Crippen molar-refractivity contribution in [2.24, 2.45) is 0 Å². The maximum absolute atomic E-state index is 5.66. The number of rotatable bonds is 6. The van der Waals surface area contributed by atoms with Crippen LogP contribution in [0.25, 0.3) is 0 Å². The van der Waals surface area contributed by atoms with E-state index in [0.29, 0.717) is 0 Å². The fourth-order valence-electron chi connectivity index (χ4n) is 2.39. The molecule has 1 unspecified atom stereocenters. The number of benzene rings is 1. The van der Waals surface area contributed by atoms with E-state index in [1.54, 1.807) is 6.26 Å². The molecule has 102 valence electrons. The van der Waals surface area contributed by atoms with Gasteiger partial charge in [-0.15, -0.1) is 0 Å². The molecule has 1 N–H and O–H groups in total. The Morgan fingerprint density at radius 2 is 2.05 bits per heavy atom. The van der Waals surface area contributed by atoms with Crippen LogP contribution in [0.5, 0.6) is 0 Å². The molecule has 0 spiro atoms. The van der Waals surface area contributed by atoms with Crippen LogP contribution < -0.4 is 5.32 Å². The molecule has 1 aromatic heterocycles. The normalized spacial score (nSPS) is 12.6. The van der Waals surface area contributed by atoms with Crippen molar-refractivity contribution in [1.29, 1.82) is 0 Å². The molecular formula is C17H23NO. The zero-order valence-corrected chi connectivity index (χ0v) is 12.1. The van der Waals surface area contributed by atoms with Gasteiger partial charge < -0.3 is 9.73 Å². The van der Waals surface area contributed by atoms with E-state index >= 15 is 0 Å². The highest BCUT2D eigenvalue weighted by molar-refractivity contribution is 5.26. The van der Waals surface area contributed by atoms with Crippen LogP contribution in [0.2, 0.25) is 0 Å². The van der Waals surface area contributed by atoms with Gasteiger partial charge >= 0.3 is 0 Å². The van der Waals surface area contributed by atoms with Crippen LogP contribution in [0.1, 0.15) is 41.8 Å². The minimum atomic E-state index is 0.261. The molecule has 0 bridgehead atoms. The second kappa shape index (κ2) is 6.58. The third-order valence-corrected chi connectivity index (χ3v) is 3.38. The van der Waals surface area contributed by atoms with E-state index in [9.17, 15) is 0 Å². The molecule has 19 heavy (non-hydrogen) atoms. The molecule has 0 saturated carbocycles. The maximum atomic E-state index is 5.66. The zero-order valence-electron chi connectivity index (χ0n) is 12.1. The summed E-state index contributed by atoms with van der Waals surface area (Å²) in [5.41, 5.74) is 3.88. The Morgan fingerprint density at radius 3 is 2.68 bits per heavy atom. The van der Waals surface area contributed by atoms with Crippen LogP contribution >= 0.6 is 0 Å². The van der Waals surface area contributed by atoms with Gasteiger partial charge in [-0.05, 0) is 50.4 Å². The monoisotopic (exact) mass is 257 g/mol. The van der Waals surface area contributed by atoms with Crippen molar-refractivity contribution in [3.05, 3.63) is 59.0 Å². The standard InChI is InChI=1S/C17H23NO/c1-4-9-18-16(17-14(3)8-10-19-17)12-15-7-5-6-13(2)11-15/h5-8,10-11,16,18H,4,9,12H2,1-3H3. The fraction of sp³-hybridized carbons (Fsp3) is 0.412. The number of hydrogen-bond donors (Lipinski definition) is 1. The summed E-state index contributed by atoms with van der Waals surface area (Å²) in [6, 6.07) is 11.0. The summed E-state index contributed by atoms with van der Waals surface area (Å²) in [4.78, 5) is 0. The van der Waals surface area contributed by atoms with Crippen LogP contribution in [-0.2, 0) is 6.42 Å². The quantitative estimate of drug-likeness (QED) is 0.839. The first-order valence-corrected chi connectivity index (χ1v) is 7.03. The summed E-state index contributed by atoms with van der Waals surface area (Å²) in [5.74, 6) is 1.06. The Morgan fingerprint density at radius 1 is 1.21 bits per heavy atom. The van der Waals surface area contributed by atoms with Crippen LogP contribution in [0.15, 0.2) is 41.0 Å². The Hall–Kier alpha value is -1.54. The lowest BCUT2D eigenvalue weighted by Gasteiger charge is -2.17. The highest BCUT2D eigenvalue weighted by atomic mass is 16.3. The summed E-state index contributed by atoms with van der Waals surface area (Å²) >= 11 is 0. The van der Waals surface area contributed by atoms with Gasteiger partial charge in [0.2, 0.25) is 0 Å². The first kappa shape index (κ1) is 13.9. The van der Waals surface area contributed by atoms with Crippen LogP contribution in [0.3, 0.4) is 0 Å². The van der Waals surface area contributed by atoms with Gasteiger partial charge in [0.1, 0.15) is 5.76 Å². The van der Waals surface area contributed by atoms with Crippen LogP contribution in [0, 0.1) is 13.8 Å². The molecule has 2 rings (SSSR count). The third-order valence-electron chi connectivity index (χ3n) is 3.38. The minimum Gasteiger partial charge on any atom is -0.467 e. The lowest BCUT2D eigenvalue weighted by Crippen LogP contribution is -2.24. The molecule has 1 atom stereocenters. The zero-order chi connectivity index (χ0) is 13.7. The van der Waals surface area contributed by atoms with Gasteiger partial charge in [-0.3, -0.25) is 0 Å². The molecular weight excluding hydrogens is 234 g/mol. The van der Waals surface area contributed by atoms with Gasteiger partial charge in [0.25, 0.3) is 0 Å². The van der Waals surface area contributed by atoms with Crippen LogP contribution in [-0.4, -0.2) is 6.54 Å². The van der Waals surface area contributed by atoms with Gasteiger partial charge in [-0.2, -0.15) is 0 Å². The SMILES string of the molecule is CCCNC(Cc1cccc(C)c1)c1occc1C. The van der Waals surface area contributed by atoms with Crippen molar-refractivity contribution in [1.82, 2.24) is 5.32 Å². The van der Waals surface area contributed by atoms with Gasteiger partial charge in [0.05, 0.1) is 12.3 Å². The predicted octanol–water partition coefficient (Wildman–Crippen LogP) is 4.18. The molecule has 0 aliphatic rings. The molecule has 1 heterocycles. The van der Waals surface area contributed by atoms with E-state index in [0.717, 1.165) is 25.1 Å². The van der Waals surface area contributed by atoms with E-state index in [4.69, 9.17) is 4.42 Å². The summed E-state index contributed by atoms with van der Waals surface area (Å²) in [6.45, 7) is 7.44. The Balaban J connectivity index is 2.16. The van der Waals surface area contributed by atoms with Crippen molar-refractivity contribution in [3.8, 4) is 0 Å². The van der Waals surface area contributed by atoms with Gasteiger partial charge in [-0.25, -0.2) is 0 Å². The van der Waals surface area contributed by atoms with Crippen LogP contribution in [0.4, 0.5) is 0 Å². The highest BCUT2D eigenvalue weighted by Gasteiger charge is 2.16. The van der Waals surface area contributed by atoms with Crippen molar-refractivity contribution >= 4 is 0 Å². The topological polar surface area (TPSA) is 25.2 Å². The first-order chi connectivity index (χ1) is 9.20. The average molecular weight is 257 g/mol. The van der Waals surface area contributed by atoms with Crippen molar-refractivity contribution < 1.29 is 4.42 Å². The molecule has 0 aliphatic carbocycles. The number of aryl methyl sites for hydroxylation is 2. The molecule has 2 aromatic rings. The number of nitrogens with one attached hydrogen (secondary N) is 1. The second-order valence-electron chi connectivity index (χ2n) is 5.17. The minimum absolute atomic E-state index is 0.261. The van der Waals surface area contributed by atoms with E-state index in [1.165, 1.54) is 16.7 Å². The van der Waals surface area contributed by atoms with Gasteiger partial charge in [0.15, 0.2) is 0 Å². The van der Waals surface area contributed by atoms with E-state index in [2.05, 4.69) is 50.4 Å². The molecule has 1 aromatic carbocycles. The molecule has 0 aliphatic heterocycles. The number of furan rings is 1. The van der Waals surface area contributed by atoms with E-state index < -0.39 is 0 Å². The lowest BCUT2D eigenvalue weighted by molar-refractivity contribution is 0.408. The Labute approximate surface area is 115 Å². The molecule has 2 heteroatoms. The Kier molecular flexibility index (Phi) is 4.80. The van der Waals surface area contributed by atoms with E-state index in [1.807, 2.05) is 6.07 Å². The molecule has 2 nitrogen and oxygen atoms in total. The fourth-order valence-corrected chi connectivity index (χ4v) is 2.39. The third kappa shape index (κ3) is 3.71. The summed E-state index contributed by atoms with van der Waals surface area (Å²) < 4.78 is 5.66. The molecule has 0 saturated heterocycles. The molecule has 0 fully saturated rings. The number of hydrogen-bond acceptors (Lipinski definition) is 2. The highest BCUT2D eigenvalue weighted by Crippen LogP contribution is 2.23. The van der Waals surface area contributed by atoms with Crippen molar-refractivity contribution in [3.63, 3.8) is 0 Å². The first-order valence-electron chi connectivity index (χ1n) is 7.03. The van der Waals surface area contributed by atoms with Crippen molar-refractivity contribution in [2.75, 3.05) is 6.54 Å². The largest absolute Gasteiger partial charge is 0.467 e. The molecule has 0 amide bonds. The Bertz CT molecular complexity index is 515. The maximum Gasteiger partial charge on any atom is 0.123 e. The second-order valence-corrected chi connectivity index (χ2v) is 5.17. The molecule has 0 radical (unpaired) electrons. The van der Waals surface area contributed by atoms with E-state index in [-0.39, 0.29) is 6.04 Å². The van der Waals surface area contributed by atoms with Gasteiger partial charge in [0, 0.05) is 0 Å². The summed E-state index contributed by atoms with van der Waals surface area (Å²) in [6.07, 6.45) is 3.88. The smallest absolute Gasteiger partial charge is 0.123 e. The van der Waals surface area contributed by atoms with Gasteiger partial charge in [-0.1, -0.05) is 36.8 Å². The van der Waals surface area contributed by atoms with Crippen molar-refractivity contribution in [2.45, 2.75) is 39.7 Å². The average Bonchev–Trinajstić information content (AvgIpc) is 2.81. The predicted molar refractivity (Wildman–Crippen MR) is 79.4 cm³/mol. The summed E-state index contributed by atoms with van der Waals surface area (Å²) in [5, 5.41) is 3.59.